The molecule has 0 amide bonds. The molecule has 0 aromatic rings. The van der Waals surface area contributed by atoms with Crippen LogP contribution in [0.15, 0.2) is 0 Å². The third-order valence-electron chi connectivity index (χ3n) is 2.85. The van der Waals surface area contributed by atoms with Crippen LogP contribution in [0.4, 0.5) is 13.2 Å². The van der Waals surface area contributed by atoms with Crippen LogP contribution in [0.25, 0.3) is 0 Å². The van der Waals surface area contributed by atoms with E-state index in [1.807, 2.05) is 4.90 Å². The van der Waals surface area contributed by atoms with E-state index in [1.54, 1.807) is 0 Å². The van der Waals surface area contributed by atoms with Gasteiger partial charge in [-0.1, -0.05) is 0 Å². The van der Waals surface area contributed by atoms with E-state index in [2.05, 4.69) is 0 Å². The summed E-state index contributed by atoms with van der Waals surface area (Å²) in [6.45, 7) is 0.958. The zero-order valence-electron chi connectivity index (χ0n) is 8.69. The molecule has 1 aliphatic rings. The van der Waals surface area contributed by atoms with Gasteiger partial charge in [0.25, 0.3) is 0 Å². The fraction of sp³-hybridized carbons (Fsp3) is 1.00. The summed E-state index contributed by atoms with van der Waals surface area (Å²) < 4.78 is 36.1. The van der Waals surface area contributed by atoms with E-state index in [9.17, 15) is 13.2 Å². The Morgan fingerprint density at radius 1 is 1.33 bits per heavy atom. The van der Waals surface area contributed by atoms with E-state index < -0.39 is 12.6 Å². The molecule has 0 bridgehead atoms. The summed E-state index contributed by atoms with van der Waals surface area (Å²) in [6.07, 6.45) is -0.848. The van der Waals surface area contributed by atoms with Gasteiger partial charge in [-0.05, 0) is 32.2 Å². The zero-order chi connectivity index (χ0) is 11.3. The number of hydrogen-bond acceptors (Lipinski definition) is 1. The van der Waals surface area contributed by atoms with Gasteiger partial charge in [-0.15, -0.1) is 11.6 Å². The minimum atomic E-state index is -4.03. The second-order valence-electron chi connectivity index (χ2n) is 4.03. The second kappa shape index (κ2) is 5.94. The minimum absolute atomic E-state index is 0.149. The predicted molar refractivity (Wildman–Crippen MR) is 55.2 cm³/mol. The van der Waals surface area contributed by atoms with E-state index in [4.69, 9.17) is 11.6 Å². The van der Waals surface area contributed by atoms with Crippen molar-refractivity contribution in [2.45, 2.75) is 44.3 Å². The average Bonchev–Trinajstić information content (AvgIpc) is 2.57. The van der Waals surface area contributed by atoms with Crippen LogP contribution in [0.1, 0.15) is 32.1 Å². The fourth-order valence-corrected chi connectivity index (χ4v) is 2.25. The SMILES string of the molecule is FC(F)(F)CCN1CCCC1CCCCl. The van der Waals surface area contributed by atoms with Crippen LogP contribution in [0.3, 0.4) is 0 Å². The Labute approximate surface area is 93.6 Å². The van der Waals surface area contributed by atoms with Crippen molar-refractivity contribution in [1.29, 1.82) is 0 Å². The van der Waals surface area contributed by atoms with Crippen LogP contribution in [0.2, 0.25) is 0 Å². The van der Waals surface area contributed by atoms with Crippen molar-refractivity contribution in [1.82, 2.24) is 4.90 Å². The highest BCUT2D eigenvalue weighted by atomic mass is 35.5. The smallest absolute Gasteiger partial charge is 0.300 e. The summed E-state index contributed by atoms with van der Waals surface area (Å²) in [5.41, 5.74) is 0. The lowest BCUT2D eigenvalue weighted by molar-refractivity contribution is -0.138. The molecule has 15 heavy (non-hydrogen) atoms. The van der Waals surface area contributed by atoms with Crippen LogP contribution in [-0.4, -0.2) is 36.1 Å². The maximum atomic E-state index is 12.0. The lowest BCUT2D eigenvalue weighted by Gasteiger charge is -2.24. The molecule has 0 aromatic carbocycles. The van der Waals surface area contributed by atoms with Crippen molar-refractivity contribution in [3.8, 4) is 0 Å². The molecule has 1 atom stereocenters. The minimum Gasteiger partial charge on any atom is -0.300 e. The molecule has 5 heteroatoms. The molecule has 0 saturated carbocycles. The summed E-state index contributed by atoms with van der Waals surface area (Å²) in [5, 5.41) is 0. The lowest BCUT2D eigenvalue weighted by Crippen LogP contribution is -2.32. The van der Waals surface area contributed by atoms with Gasteiger partial charge >= 0.3 is 6.18 Å². The van der Waals surface area contributed by atoms with Gasteiger partial charge in [-0.2, -0.15) is 13.2 Å². The maximum Gasteiger partial charge on any atom is 0.390 e. The van der Waals surface area contributed by atoms with Crippen molar-refractivity contribution in [2.24, 2.45) is 0 Å². The first kappa shape index (κ1) is 13.1. The van der Waals surface area contributed by atoms with E-state index in [0.29, 0.717) is 11.9 Å². The van der Waals surface area contributed by atoms with E-state index in [1.165, 1.54) is 0 Å². The standard InChI is InChI=1S/C10H17ClF3N/c11-6-1-3-9-4-2-7-15(9)8-5-10(12,13)14/h9H,1-8H2. The summed E-state index contributed by atoms with van der Waals surface area (Å²) >= 11 is 5.58. The number of nitrogens with zero attached hydrogens (tertiary/aromatic N) is 1. The molecule has 1 unspecified atom stereocenters. The Balaban J connectivity index is 2.27. The monoisotopic (exact) mass is 243 g/mol. The highest BCUT2D eigenvalue weighted by molar-refractivity contribution is 6.17. The van der Waals surface area contributed by atoms with Crippen molar-refractivity contribution < 1.29 is 13.2 Å². The summed E-state index contributed by atoms with van der Waals surface area (Å²) in [7, 11) is 0. The first-order valence-corrected chi connectivity index (χ1v) is 5.93. The molecule has 1 heterocycles. The van der Waals surface area contributed by atoms with Gasteiger partial charge in [0, 0.05) is 18.5 Å². The van der Waals surface area contributed by atoms with Gasteiger partial charge in [0.2, 0.25) is 0 Å². The summed E-state index contributed by atoms with van der Waals surface area (Å²) in [4.78, 5) is 1.96. The zero-order valence-corrected chi connectivity index (χ0v) is 9.45. The van der Waals surface area contributed by atoms with Gasteiger partial charge in [0.1, 0.15) is 0 Å². The van der Waals surface area contributed by atoms with Gasteiger partial charge < -0.3 is 4.90 Å². The van der Waals surface area contributed by atoms with Crippen molar-refractivity contribution in [2.75, 3.05) is 19.0 Å². The summed E-state index contributed by atoms with van der Waals surface area (Å²) in [6, 6.07) is 0.325. The average molecular weight is 244 g/mol. The number of alkyl halides is 4. The Morgan fingerprint density at radius 3 is 2.67 bits per heavy atom. The Hall–Kier alpha value is 0.0400. The summed E-state index contributed by atoms with van der Waals surface area (Å²) in [5.74, 6) is 0.601. The molecule has 1 aliphatic heterocycles. The third-order valence-corrected chi connectivity index (χ3v) is 3.12. The Morgan fingerprint density at radius 2 is 2.07 bits per heavy atom. The molecule has 0 radical (unpaired) electrons. The Kier molecular flexibility index (Phi) is 5.19. The number of likely N-dealkylation sites (tertiary alicyclic amines) is 1. The van der Waals surface area contributed by atoms with Crippen LogP contribution < -0.4 is 0 Å². The maximum absolute atomic E-state index is 12.0. The van der Waals surface area contributed by atoms with E-state index >= 15 is 0 Å². The molecule has 90 valence electrons. The van der Waals surface area contributed by atoms with Gasteiger partial charge in [0.05, 0.1) is 6.42 Å². The molecule has 1 saturated heterocycles. The van der Waals surface area contributed by atoms with Gasteiger partial charge in [-0.3, -0.25) is 0 Å². The van der Waals surface area contributed by atoms with Gasteiger partial charge in [0.15, 0.2) is 0 Å². The number of hydrogen-bond donors (Lipinski definition) is 0. The van der Waals surface area contributed by atoms with Crippen molar-refractivity contribution in [3.63, 3.8) is 0 Å². The van der Waals surface area contributed by atoms with Crippen LogP contribution in [-0.2, 0) is 0 Å². The highest BCUT2D eigenvalue weighted by Crippen LogP contribution is 2.25. The van der Waals surface area contributed by atoms with Crippen LogP contribution in [0.5, 0.6) is 0 Å². The first-order valence-electron chi connectivity index (χ1n) is 5.39. The molecule has 1 nitrogen and oxygen atoms in total. The topological polar surface area (TPSA) is 3.24 Å². The van der Waals surface area contributed by atoms with Gasteiger partial charge in [-0.25, -0.2) is 0 Å². The largest absolute Gasteiger partial charge is 0.390 e. The third kappa shape index (κ3) is 5.07. The molecular weight excluding hydrogens is 227 g/mol. The quantitative estimate of drug-likeness (QED) is 0.669. The van der Waals surface area contributed by atoms with E-state index in [0.717, 1.165) is 32.2 Å². The molecule has 0 aromatic heterocycles. The number of halogens is 4. The molecule has 0 N–H and O–H groups in total. The molecule has 1 rings (SSSR count). The predicted octanol–water partition coefficient (Wildman–Crippen LogP) is 3.42. The second-order valence-corrected chi connectivity index (χ2v) is 4.41. The van der Waals surface area contributed by atoms with Crippen molar-refractivity contribution in [3.05, 3.63) is 0 Å². The normalized spacial score (nSPS) is 23.6. The molecule has 1 fully saturated rings. The van der Waals surface area contributed by atoms with Crippen LogP contribution >= 0.6 is 11.6 Å². The molecule has 0 aliphatic carbocycles. The number of rotatable bonds is 5. The van der Waals surface area contributed by atoms with E-state index in [-0.39, 0.29) is 6.54 Å². The van der Waals surface area contributed by atoms with Crippen molar-refractivity contribution >= 4 is 11.6 Å². The fourth-order valence-electron chi connectivity index (χ4n) is 2.10. The lowest BCUT2D eigenvalue weighted by atomic mass is 10.1. The highest BCUT2D eigenvalue weighted by Gasteiger charge is 2.31. The molecule has 0 spiro atoms. The van der Waals surface area contributed by atoms with Crippen LogP contribution in [0, 0.1) is 0 Å². The first-order chi connectivity index (χ1) is 7.03. The molecular formula is C10H17ClF3N. The Bertz CT molecular complexity index is 184.